The maximum atomic E-state index is 12.9. The molecule has 140 valence electrons. The fourth-order valence-electron chi connectivity index (χ4n) is 2.43. The summed E-state index contributed by atoms with van der Waals surface area (Å²) in [6.45, 7) is 2.85. The molecule has 0 amide bonds. The molecule has 3 aromatic rings. The van der Waals surface area contributed by atoms with Gasteiger partial charge in [0.25, 0.3) is 0 Å². The summed E-state index contributed by atoms with van der Waals surface area (Å²) in [5, 5.41) is 2.80. The van der Waals surface area contributed by atoms with Gasteiger partial charge < -0.3 is 0 Å². The summed E-state index contributed by atoms with van der Waals surface area (Å²) in [7, 11) is -3.86. The van der Waals surface area contributed by atoms with Crippen molar-refractivity contribution in [2.75, 3.05) is 0 Å². The fraction of sp³-hybridized carbons (Fsp3) is 0.211. The van der Waals surface area contributed by atoms with Gasteiger partial charge in [0, 0.05) is 16.6 Å². The Morgan fingerprint density at radius 1 is 1.11 bits per heavy atom. The standard InChI is InChI=1S/C19H17ClN2O3S2/c1-19(2,27(24,25)14-8-6-13(20)7-9-14)17(23)11-18-22-16(12-26-18)15-5-3-4-10-21-15/h3-10,12H,11H2,1-2H3. The van der Waals surface area contributed by atoms with Crippen LogP contribution in [0.25, 0.3) is 11.4 Å². The highest BCUT2D eigenvalue weighted by Gasteiger charge is 2.42. The average Bonchev–Trinajstić information content (AvgIpc) is 3.11. The van der Waals surface area contributed by atoms with Crippen LogP contribution in [0.2, 0.25) is 5.02 Å². The van der Waals surface area contributed by atoms with Crippen molar-refractivity contribution in [3.8, 4) is 11.4 Å². The highest BCUT2D eigenvalue weighted by Crippen LogP contribution is 2.29. The lowest BCUT2D eigenvalue weighted by Gasteiger charge is -2.23. The average molecular weight is 421 g/mol. The maximum Gasteiger partial charge on any atom is 0.190 e. The number of thiazole rings is 1. The topological polar surface area (TPSA) is 77.0 Å². The summed E-state index contributed by atoms with van der Waals surface area (Å²) in [5.41, 5.74) is 1.38. The van der Waals surface area contributed by atoms with E-state index < -0.39 is 20.4 Å². The van der Waals surface area contributed by atoms with Crippen molar-refractivity contribution in [2.24, 2.45) is 0 Å². The molecule has 0 spiro atoms. The molecule has 2 heterocycles. The number of aromatic nitrogens is 2. The normalized spacial score (nSPS) is 12.1. The van der Waals surface area contributed by atoms with Crippen molar-refractivity contribution in [3.63, 3.8) is 0 Å². The second-order valence-electron chi connectivity index (χ2n) is 6.41. The van der Waals surface area contributed by atoms with Gasteiger partial charge in [-0.05, 0) is 50.2 Å². The maximum absolute atomic E-state index is 12.9. The van der Waals surface area contributed by atoms with E-state index in [1.165, 1.54) is 49.4 Å². The third-order valence-electron chi connectivity index (χ3n) is 4.26. The van der Waals surface area contributed by atoms with Gasteiger partial charge in [0.1, 0.15) is 9.75 Å². The number of hydrogen-bond acceptors (Lipinski definition) is 6. The summed E-state index contributed by atoms with van der Waals surface area (Å²) in [4.78, 5) is 21.5. The molecular weight excluding hydrogens is 404 g/mol. The molecule has 0 unspecified atom stereocenters. The van der Waals surface area contributed by atoms with Crippen LogP contribution in [0.5, 0.6) is 0 Å². The van der Waals surface area contributed by atoms with E-state index in [4.69, 9.17) is 11.6 Å². The van der Waals surface area contributed by atoms with E-state index in [2.05, 4.69) is 9.97 Å². The number of nitrogens with zero attached hydrogens (tertiary/aromatic N) is 2. The smallest absolute Gasteiger partial charge is 0.190 e. The van der Waals surface area contributed by atoms with Crippen LogP contribution in [0.1, 0.15) is 18.9 Å². The van der Waals surface area contributed by atoms with E-state index in [1.807, 2.05) is 23.6 Å². The molecule has 0 radical (unpaired) electrons. The second kappa shape index (κ2) is 7.50. The molecule has 0 saturated heterocycles. The SMILES string of the molecule is CC(C)(C(=O)Cc1nc(-c2ccccn2)cs1)S(=O)(=O)c1ccc(Cl)cc1. The molecule has 0 atom stereocenters. The monoisotopic (exact) mass is 420 g/mol. The third kappa shape index (κ3) is 3.95. The van der Waals surface area contributed by atoms with Gasteiger partial charge in [0.2, 0.25) is 0 Å². The van der Waals surface area contributed by atoms with E-state index in [1.54, 1.807) is 6.20 Å². The van der Waals surface area contributed by atoms with E-state index in [0.717, 1.165) is 0 Å². The number of carbonyl (C=O) groups is 1. The van der Waals surface area contributed by atoms with Crippen molar-refractivity contribution >= 4 is 38.6 Å². The molecule has 0 aliphatic rings. The lowest BCUT2D eigenvalue weighted by atomic mass is 10.1. The van der Waals surface area contributed by atoms with Gasteiger partial charge in [-0.15, -0.1) is 11.3 Å². The number of carbonyl (C=O) groups excluding carboxylic acids is 1. The van der Waals surface area contributed by atoms with Crippen molar-refractivity contribution < 1.29 is 13.2 Å². The van der Waals surface area contributed by atoms with Crippen LogP contribution in [0.15, 0.2) is 58.9 Å². The summed E-state index contributed by atoms with van der Waals surface area (Å²) in [6, 6.07) is 11.3. The quantitative estimate of drug-likeness (QED) is 0.596. The molecule has 0 N–H and O–H groups in total. The molecule has 27 heavy (non-hydrogen) atoms. The molecule has 0 aliphatic heterocycles. The van der Waals surface area contributed by atoms with E-state index in [9.17, 15) is 13.2 Å². The first-order valence-electron chi connectivity index (χ1n) is 8.11. The summed E-state index contributed by atoms with van der Waals surface area (Å²) in [5.74, 6) is -0.417. The molecule has 8 heteroatoms. The van der Waals surface area contributed by atoms with Crippen LogP contribution < -0.4 is 0 Å². The highest BCUT2D eigenvalue weighted by molar-refractivity contribution is 7.93. The van der Waals surface area contributed by atoms with Gasteiger partial charge in [0.05, 0.1) is 22.7 Å². The Balaban J connectivity index is 1.82. The zero-order valence-corrected chi connectivity index (χ0v) is 17.1. The summed E-state index contributed by atoms with van der Waals surface area (Å²) < 4.78 is 24.3. The van der Waals surface area contributed by atoms with Gasteiger partial charge in [-0.3, -0.25) is 9.78 Å². The Morgan fingerprint density at radius 2 is 1.81 bits per heavy atom. The first-order chi connectivity index (χ1) is 12.7. The first kappa shape index (κ1) is 19.7. The molecule has 0 aliphatic carbocycles. The lowest BCUT2D eigenvalue weighted by Crippen LogP contribution is -2.41. The molecule has 2 aromatic heterocycles. The number of rotatable bonds is 6. The molecular formula is C19H17ClN2O3S2. The van der Waals surface area contributed by atoms with Crippen LogP contribution >= 0.6 is 22.9 Å². The number of ketones is 1. The number of hydrogen-bond donors (Lipinski definition) is 0. The first-order valence-corrected chi connectivity index (χ1v) is 10.9. The predicted octanol–water partition coefficient (Wildman–Crippen LogP) is 4.22. The van der Waals surface area contributed by atoms with Crippen molar-refractivity contribution in [1.29, 1.82) is 0 Å². The van der Waals surface area contributed by atoms with Crippen molar-refractivity contribution in [1.82, 2.24) is 9.97 Å². The highest BCUT2D eigenvalue weighted by atomic mass is 35.5. The minimum Gasteiger partial charge on any atom is -0.297 e. The van der Waals surface area contributed by atoms with Gasteiger partial charge in [-0.1, -0.05) is 17.7 Å². The van der Waals surface area contributed by atoms with E-state index in [0.29, 0.717) is 21.4 Å². The molecule has 0 bridgehead atoms. The van der Waals surface area contributed by atoms with Crippen molar-refractivity contribution in [3.05, 3.63) is 64.1 Å². The third-order valence-corrected chi connectivity index (χ3v) is 7.82. The largest absolute Gasteiger partial charge is 0.297 e. The number of pyridine rings is 1. The molecule has 5 nitrogen and oxygen atoms in total. The van der Waals surface area contributed by atoms with Gasteiger partial charge in [0.15, 0.2) is 15.6 Å². The molecule has 0 fully saturated rings. The Kier molecular flexibility index (Phi) is 5.46. The minimum absolute atomic E-state index is 0.0582. The van der Waals surface area contributed by atoms with Crippen LogP contribution in [-0.2, 0) is 21.1 Å². The predicted molar refractivity (Wildman–Crippen MR) is 107 cm³/mol. The van der Waals surface area contributed by atoms with Crippen LogP contribution in [0.4, 0.5) is 0 Å². The van der Waals surface area contributed by atoms with Crippen LogP contribution in [0, 0.1) is 0 Å². The van der Waals surface area contributed by atoms with Gasteiger partial charge in [-0.25, -0.2) is 13.4 Å². The minimum atomic E-state index is -3.86. The molecule has 1 aromatic carbocycles. The van der Waals surface area contributed by atoms with Crippen LogP contribution in [-0.4, -0.2) is 28.9 Å². The number of benzene rings is 1. The fourth-order valence-corrected chi connectivity index (χ4v) is 4.80. The second-order valence-corrected chi connectivity index (χ2v) is 10.3. The van der Waals surface area contributed by atoms with Gasteiger partial charge >= 0.3 is 0 Å². The lowest BCUT2D eigenvalue weighted by molar-refractivity contribution is -0.120. The number of Topliss-reactive ketones (excluding diaryl/α,β-unsaturated/α-hetero) is 1. The Bertz CT molecular complexity index is 1060. The van der Waals surface area contributed by atoms with Gasteiger partial charge in [-0.2, -0.15) is 0 Å². The number of sulfone groups is 1. The van der Waals surface area contributed by atoms with Crippen LogP contribution in [0.3, 0.4) is 0 Å². The van der Waals surface area contributed by atoms with Crippen molar-refractivity contribution in [2.45, 2.75) is 29.9 Å². The summed E-state index contributed by atoms with van der Waals surface area (Å²) in [6.07, 6.45) is 1.61. The zero-order valence-electron chi connectivity index (χ0n) is 14.7. The van der Waals surface area contributed by atoms with E-state index >= 15 is 0 Å². The Morgan fingerprint density at radius 3 is 2.44 bits per heavy atom. The zero-order chi connectivity index (χ0) is 19.7. The summed E-state index contributed by atoms with van der Waals surface area (Å²) >= 11 is 7.14. The Labute approximate surface area is 167 Å². The Hall–Kier alpha value is -2.09. The molecule has 3 rings (SSSR count). The van der Waals surface area contributed by atoms with E-state index in [-0.39, 0.29) is 11.3 Å². The molecule has 0 saturated carbocycles. The number of halogens is 1.